The lowest BCUT2D eigenvalue weighted by molar-refractivity contribution is -0.154. The molecule has 2 aliphatic rings. The average molecular weight is 396 g/mol. The van der Waals surface area contributed by atoms with Crippen molar-refractivity contribution in [1.82, 2.24) is 5.32 Å². The first-order valence-electron chi connectivity index (χ1n) is 8.93. The first-order chi connectivity index (χ1) is 12.7. The number of hydrogen-bond donors (Lipinski definition) is 2. The Kier molecular flexibility index (Phi) is 5.43. The molecule has 0 aromatic heterocycles. The summed E-state index contributed by atoms with van der Waals surface area (Å²) in [5.41, 5.74) is 0.802. The Morgan fingerprint density at radius 2 is 2.00 bits per heavy atom. The second-order valence-electron chi connectivity index (χ2n) is 7.16. The van der Waals surface area contributed by atoms with Crippen molar-refractivity contribution in [3.8, 4) is 0 Å². The zero-order chi connectivity index (χ0) is 19.7. The maximum atomic E-state index is 12.5. The van der Waals surface area contributed by atoms with E-state index in [0.29, 0.717) is 56.7 Å². The maximum absolute atomic E-state index is 12.5. The molecule has 148 valence electrons. The third kappa shape index (κ3) is 4.08. The quantitative estimate of drug-likeness (QED) is 0.768. The van der Waals surface area contributed by atoms with Crippen LogP contribution in [0.25, 0.3) is 0 Å². The molecule has 2 N–H and O–H groups in total. The number of benzene rings is 1. The van der Waals surface area contributed by atoms with E-state index < -0.39 is 21.4 Å². The van der Waals surface area contributed by atoms with Gasteiger partial charge >= 0.3 is 5.97 Å². The SMILES string of the molecule is CS(=O)(=O)N1CCCc2cc(C(=O)NCC3(C(=O)O)CCOCC3)ccc21. The molecule has 0 aliphatic carbocycles. The zero-order valence-corrected chi connectivity index (χ0v) is 16.0. The van der Waals surface area contributed by atoms with Crippen LogP contribution >= 0.6 is 0 Å². The van der Waals surface area contributed by atoms with Gasteiger partial charge in [0.15, 0.2) is 0 Å². The Bertz CT molecular complexity index is 845. The molecule has 1 aromatic rings. The van der Waals surface area contributed by atoms with Crippen LogP contribution < -0.4 is 9.62 Å². The summed E-state index contributed by atoms with van der Waals surface area (Å²) in [5.74, 6) is -1.29. The van der Waals surface area contributed by atoms with Crippen molar-refractivity contribution in [2.75, 3.05) is 36.9 Å². The van der Waals surface area contributed by atoms with Gasteiger partial charge in [-0.3, -0.25) is 13.9 Å². The van der Waals surface area contributed by atoms with Crippen molar-refractivity contribution in [2.45, 2.75) is 25.7 Å². The van der Waals surface area contributed by atoms with Crippen LogP contribution in [0.1, 0.15) is 35.2 Å². The highest BCUT2D eigenvalue weighted by molar-refractivity contribution is 7.92. The molecule has 0 atom stereocenters. The third-order valence-electron chi connectivity index (χ3n) is 5.31. The number of aliphatic carboxylic acids is 1. The first kappa shape index (κ1) is 19.6. The number of rotatable bonds is 5. The molecule has 1 amide bonds. The number of amides is 1. The Morgan fingerprint density at radius 3 is 2.63 bits per heavy atom. The molecule has 27 heavy (non-hydrogen) atoms. The van der Waals surface area contributed by atoms with E-state index in [4.69, 9.17) is 4.74 Å². The van der Waals surface area contributed by atoms with Crippen LogP contribution in [0.4, 0.5) is 5.69 Å². The van der Waals surface area contributed by atoms with Gasteiger partial charge in [0.2, 0.25) is 10.0 Å². The number of sulfonamides is 1. The number of carboxylic acids is 1. The minimum Gasteiger partial charge on any atom is -0.481 e. The van der Waals surface area contributed by atoms with E-state index in [1.807, 2.05) is 0 Å². The zero-order valence-electron chi connectivity index (χ0n) is 15.2. The van der Waals surface area contributed by atoms with Gasteiger partial charge < -0.3 is 15.2 Å². The fourth-order valence-corrected chi connectivity index (χ4v) is 4.62. The number of aryl methyl sites for hydroxylation is 1. The summed E-state index contributed by atoms with van der Waals surface area (Å²) < 4.78 is 30.4. The summed E-state index contributed by atoms with van der Waals surface area (Å²) in [4.78, 5) is 24.2. The Balaban J connectivity index is 1.75. The molecule has 2 heterocycles. The van der Waals surface area contributed by atoms with E-state index in [-0.39, 0.29) is 12.5 Å². The molecule has 0 bridgehead atoms. The van der Waals surface area contributed by atoms with E-state index in [9.17, 15) is 23.1 Å². The van der Waals surface area contributed by atoms with Crippen molar-refractivity contribution in [1.29, 1.82) is 0 Å². The van der Waals surface area contributed by atoms with Crippen LogP contribution in [-0.4, -0.2) is 58.0 Å². The number of carboxylic acid groups (broad SMARTS) is 1. The molecule has 0 saturated carbocycles. The number of nitrogens with zero attached hydrogens (tertiary/aromatic N) is 1. The predicted octanol–water partition coefficient (Wildman–Crippen LogP) is 1.01. The summed E-state index contributed by atoms with van der Waals surface area (Å²) in [6.07, 6.45) is 3.26. The van der Waals surface area contributed by atoms with Crippen molar-refractivity contribution >= 4 is 27.6 Å². The summed E-state index contributed by atoms with van der Waals surface area (Å²) in [7, 11) is -3.36. The lowest BCUT2D eigenvalue weighted by atomic mass is 9.80. The topological polar surface area (TPSA) is 113 Å². The van der Waals surface area contributed by atoms with E-state index in [0.717, 1.165) is 5.56 Å². The van der Waals surface area contributed by atoms with Crippen molar-refractivity contribution in [3.63, 3.8) is 0 Å². The number of nitrogens with one attached hydrogen (secondary N) is 1. The lowest BCUT2D eigenvalue weighted by Crippen LogP contribution is -2.46. The molecule has 3 rings (SSSR count). The van der Waals surface area contributed by atoms with Gasteiger partial charge in [-0.15, -0.1) is 0 Å². The van der Waals surface area contributed by atoms with E-state index >= 15 is 0 Å². The minimum atomic E-state index is -3.36. The van der Waals surface area contributed by atoms with Gasteiger partial charge in [0.1, 0.15) is 0 Å². The fraction of sp³-hybridized carbons (Fsp3) is 0.556. The Hall–Kier alpha value is -2.13. The summed E-state index contributed by atoms with van der Waals surface area (Å²) in [6, 6.07) is 4.92. The number of fused-ring (bicyclic) bond motifs is 1. The molecular weight excluding hydrogens is 372 g/mol. The molecule has 1 fully saturated rings. The van der Waals surface area contributed by atoms with Gasteiger partial charge in [-0.05, 0) is 49.4 Å². The minimum absolute atomic E-state index is 0.0388. The highest BCUT2D eigenvalue weighted by atomic mass is 32.2. The average Bonchev–Trinajstić information content (AvgIpc) is 2.65. The Morgan fingerprint density at radius 1 is 1.30 bits per heavy atom. The maximum Gasteiger partial charge on any atom is 0.311 e. The van der Waals surface area contributed by atoms with Crippen LogP contribution in [0.3, 0.4) is 0 Å². The van der Waals surface area contributed by atoms with Gasteiger partial charge in [0.25, 0.3) is 5.91 Å². The van der Waals surface area contributed by atoms with Crippen LogP contribution in [-0.2, 0) is 26.0 Å². The van der Waals surface area contributed by atoms with Gasteiger partial charge in [0.05, 0.1) is 17.4 Å². The van der Waals surface area contributed by atoms with Gasteiger partial charge in [0, 0.05) is 31.9 Å². The monoisotopic (exact) mass is 396 g/mol. The molecule has 0 radical (unpaired) electrons. The van der Waals surface area contributed by atoms with Crippen molar-refractivity contribution in [2.24, 2.45) is 5.41 Å². The number of anilines is 1. The normalized spacial score (nSPS) is 19.2. The molecular formula is C18H24N2O6S. The molecule has 1 aromatic carbocycles. The summed E-state index contributed by atoms with van der Waals surface area (Å²) in [6.45, 7) is 1.20. The fourth-order valence-electron chi connectivity index (χ4n) is 3.63. The number of ether oxygens (including phenoxy) is 1. The molecule has 0 spiro atoms. The second kappa shape index (κ2) is 7.47. The van der Waals surface area contributed by atoms with E-state index in [2.05, 4.69) is 5.32 Å². The first-order valence-corrected chi connectivity index (χ1v) is 10.8. The van der Waals surface area contributed by atoms with Crippen LogP contribution in [0.15, 0.2) is 18.2 Å². The molecule has 1 saturated heterocycles. The summed E-state index contributed by atoms with van der Waals surface area (Å²) >= 11 is 0. The van der Waals surface area contributed by atoms with Crippen LogP contribution in [0.5, 0.6) is 0 Å². The van der Waals surface area contributed by atoms with Crippen LogP contribution in [0, 0.1) is 5.41 Å². The highest BCUT2D eigenvalue weighted by Crippen LogP contribution is 2.31. The highest BCUT2D eigenvalue weighted by Gasteiger charge is 2.40. The lowest BCUT2D eigenvalue weighted by Gasteiger charge is -2.33. The summed E-state index contributed by atoms with van der Waals surface area (Å²) in [5, 5.41) is 12.3. The molecule has 8 nitrogen and oxygen atoms in total. The number of carbonyl (C=O) groups is 2. The van der Waals surface area contributed by atoms with Gasteiger partial charge in [-0.25, -0.2) is 8.42 Å². The van der Waals surface area contributed by atoms with Crippen molar-refractivity contribution < 1.29 is 27.9 Å². The predicted molar refractivity (Wildman–Crippen MR) is 99.4 cm³/mol. The number of hydrogen-bond acceptors (Lipinski definition) is 5. The van der Waals surface area contributed by atoms with Crippen LogP contribution in [0.2, 0.25) is 0 Å². The van der Waals surface area contributed by atoms with E-state index in [1.54, 1.807) is 18.2 Å². The Labute approximate surface area is 158 Å². The number of carbonyl (C=O) groups excluding carboxylic acids is 1. The molecule has 9 heteroatoms. The largest absolute Gasteiger partial charge is 0.481 e. The smallest absolute Gasteiger partial charge is 0.311 e. The van der Waals surface area contributed by atoms with Gasteiger partial charge in [-0.1, -0.05) is 0 Å². The molecule has 2 aliphatic heterocycles. The van der Waals surface area contributed by atoms with E-state index in [1.165, 1.54) is 10.6 Å². The van der Waals surface area contributed by atoms with Gasteiger partial charge in [-0.2, -0.15) is 0 Å². The standard InChI is InChI=1S/C18H24N2O6S/c1-27(24,25)20-8-2-3-13-11-14(4-5-15(13)20)16(21)19-12-18(17(22)23)6-9-26-10-7-18/h4-5,11H,2-3,6-10,12H2,1H3,(H,19,21)(H,22,23). The van der Waals surface area contributed by atoms with Crippen molar-refractivity contribution in [3.05, 3.63) is 29.3 Å². The molecule has 0 unspecified atom stereocenters. The second-order valence-corrected chi connectivity index (χ2v) is 9.07. The third-order valence-corrected chi connectivity index (χ3v) is 6.49.